The normalized spacial score (nSPS) is 13.0. The SMILES string of the molecule is COCC(NS(=O)(=O)c1c(C)cc(C)cc1OC)C(=O)O. The summed E-state index contributed by atoms with van der Waals surface area (Å²) in [6.07, 6.45) is 0. The molecule has 0 aromatic heterocycles. The maximum atomic E-state index is 12.4. The van der Waals surface area contributed by atoms with Gasteiger partial charge in [0, 0.05) is 7.11 Å². The molecule has 0 amide bonds. The molecule has 2 N–H and O–H groups in total. The van der Waals surface area contributed by atoms with Crippen LogP contribution in [0.3, 0.4) is 0 Å². The van der Waals surface area contributed by atoms with E-state index in [0.29, 0.717) is 5.56 Å². The second-order valence-corrected chi connectivity index (χ2v) is 6.23. The van der Waals surface area contributed by atoms with Gasteiger partial charge in [-0.2, -0.15) is 4.72 Å². The fourth-order valence-electron chi connectivity index (χ4n) is 1.98. The van der Waals surface area contributed by atoms with Crippen LogP contribution >= 0.6 is 0 Å². The Hall–Kier alpha value is -1.64. The summed E-state index contributed by atoms with van der Waals surface area (Å²) in [4.78, 5) is 11.0. The minimum atomic E-state index is -4.05. The number of ether oxygens (including phenoxy) is 2. The molecule has 7 nitrogen and oxygen atoms in total. The van der Waals surface area contributed by atoms with E-state index in [4.69, 9.17) is 14.6 Å². The van der Waals surface area contributed by atoms with Crippen LogP contribution in [-0.4, -0.2) is 46.4 Å². The van der Waals surface area contributed by atoms with Crippen LogP contribution in [0.2, 0.25) is 0 Å². The lowest BCUT2D eigenvalue weighted by Gasteiger charge is -2.17. The Labute approximate surface area is 123 Å². The van der Waals surface area contributed by atoms with E-state index in [2.05, 4.69) is 4.72 Å². The molecule has 0 saturated heterocycles. The molecular weight excluding hydrogens is 298 g/mol. The number of carbonyl (C=O) groups is 1. The average Bonchev–Trinajstić information content (AvgIpc) is 2.36. The molecule has 0 heterocycles. The van der Waals surface area contributed by atoms with Crippen molar-refractivity contribution in [3.8, 4) is 5.75 Å². The molecule has 118 valence electrons. The lowest BCUT2D eigenvalue weighted by molar-refractivity contribution is -0.140. The van der Waals surface area contributed by atoms with Gasteiger partial charge in [0.15, 0.2) is 0 Å². The monoisotopic (exact) mass is 317 g/mol. The van der Waals surface area contributed by atoms with E-state index in [-0.39, 0.29) is 17.3 Å². The zero-order chi connectivity index (χ0) is 16.2. The highest BCUT2D eigenvalue weighted by molar-refractivity contribution is 7.89. The number of sulfonamides is 1. The average molecular weight is 317 g/mol. The quantitative estimate of drug-likeness (QED) is 0.767. The third-order valence-electron chi connectivity index (χ3n) is 2.80. The van der Waals surface area contributed by atoms with E-state index in [0.717, 1.165) is 5.56 Å². The van der Waals surface area contributed by atoms with E-state index in [1.54, 1.807) is 19.1 Å². The molecule has 1 unspecified atom stereocenters. The predicted octanol–water partition coefficient (Wildman–Crippen LogP) is 0.690. The van der Waals surface area contributed by atoms with Crippen LogP contribution in [0.25, 0.3) is 0 Å². The van der Waals surface area contributed by atoms with Crippen molar-refractivity contribution in [1.29, 1.82) is 0 Å². The first-order valence-electron chi connectivity index (χ1n) is 6.12. The van der Waals surface area contributed by atoms with Gasteiger partial charge in [0.25, 0.3) is 0 Å². The van der Waals surface area contributed by atoms with Crippen LogP contribution in [0.1, 0.15) is 11.1 Å². The van der Waals surface area contributed by atoms with E-state index < -0.39 is 22.0 Å². The number of benzene rings is 1. The maximum absolute atomic E-state index is 12.4. The van der Waals surface area contributed by atoms with Gasteiger partial charge in [-0.3, -0.25) is 4.79 Å². The summed E-state index contributed by atoms with van der Waals surface area (Å²) >= 11 is 0. The number of aryl methyl sites for hydroxylation is 2. The number of hydrogen-bond acceptors (Lipinski definition) is 5. The zero-order valence-electron chi connectivity index (χ0n) is 12.3. The van der Waals surface area contributed by atoms with Crippen molar-refractivity contribution in [3.05, 3.63) is 23.3 Å². The van der Waals surface area contributed by atoms with Crippen molar-refractivity contribution in [1.82, 2.24) is 4.72 Å². The third-order valence-corrected chi connectivity index (χ3v) is 4.46. The zero-order valence-corrected chi connectivity index (χ0v) is 13.2. The first kappa shape index (κ1) is 17.4. The molecule has 1 aromatic rings. The Kier molecular flexibility index (Phi) is 5.70. The van der Waals surface area contributed by atoms with Crippen molar-refractivity contribution >= 4 is 16.0 Å². The van der Waals surface area contributed by atoms with Crippen LogP contribution in [0.4, 0.5) is 0 Å². The summed E-state index contributed by atoms with van der Waals surface area (Å²) in [7, 11) is -1.40. The number of carboxylic acid groups (broad SMARTS) is 1. The van der Waals surface area contributed by atoms with Crippen molar-refractivity contribution < 1.29 is 27.8 Å². The molecule has 1 aromatic carbocycles. The van der Waals surface area contributed by atoms with Crippen LogP contribution in [0.15, 0.2) is 17.0 Å². The molecule has 0 aliphatic heterocycles. The Morgan fingerprint density at radius 3 is 2.43 bits per heavy atom. The number of methoxy groups -OCH3 is 2. The molecule has 0 aliphatic rings. The highest BCUT2D eigenvalue weighted by atomic mass is 32.2. The molecule has 0 saturated carbocycles. The molecule has 8 heteroatoms. The maximum Gasteiger partial charge on any atom is 0.324 e. The standard InChI is InChI=1S/C13H19NO6S/c1-8-5-9(2)12(11(6-8)20-4)21(17,18)14-10(7-19-3)13(15)16/h5-6,10,14H,7H2,1-4H3,(H,15,16). The van der Waals surface area contributed by atoms with Crippen molar-refractivity contribution in [2.45, 2.75) is 24.8 Å². The van der Waals surface area contributed by atoms with Crippen molar-refractivity contribution in [2.75, 3.05) is 20.8 Å². The van der Waals surface area contributed by atoms with Gasteiger partial charge in [0.05, 0.1) is 13.7 Å². The van der Waals surface area contributed by atoms with Crippen LogP contribution in [0.5, 0.6) is 5.75 Å². The Morgan fingerprint density at radius 2 is 1.95 bits per heavy atom. The summed E-state index contributed by atoms with van der Waals surface area (Å²) in [6, 6.07) is 1.89. The van der Waals surface area contributed by atoms with Gasteiger partial charge in [-0.15, -0.1) is 0 Å². The highest BCUT2D eigenvalue weighted by Crippen LogP contribution is 2.28. The minimum Gasteiger partial charge on any atom is -0.495 e. The van der Waals surface area contributed by atoms with E-state index in [9.17, 15) is 13.2 Å². The molecule has 1 rings (SSSR count). The molecule has 21 heavy (non-hydrogen) atoms. The first-order chi connectivity index (χ1) is 9.72. The van der Waals surface area contributed by atoms with E-state index in [1.807, 2.05) is 6.92 Å². The Morgan fingerprint density at radius 1 is 1.33 bits per heavy atom. The molecule has 0 spiro atoms. The number of hydrogen-bond donors (Lipinski definition) is 2. The van der Waals surface area contributed by atoms with Gasteiger partial charge in [-0.1, -0.05) is 6.07 Å². The molecular formula is C13H19NO6S. The second-order valence-electron chi connectivity index (χ2n) is 4.58. The fraction of sp³-hybridized carbons (Fsp3) is 0.462. The van der Waals surface area contributed by atoms with Gasteiger partial charge in [0.1, 0.15) is 16.7 Å². The largest absolute Gasteiger partial charge is 0.495 e. The third kappa shape index (κ3) is 4.16. The Bertz CT molecular complexity index is 626. The van der Waals surface area contributed by atoms with Crippen LogP contribution in [0, 0.1) is 13.8 Å². The summed E-state index contributed by atoms with van der Waals surface area (Å²) in [5, 5.41) is 9.02. The van der Waals surface area contributed by atoms with Gasteiger partial charge >= 0.3 is 5.97 Å². The van der Waals surface area contributed by atoms with Crippen molar-refractivity contribution in [2.24, 2.45) is 0 Å². The summed E-state index contributed by atoms with van der Waals surface area (Å²) in [5.41, 5.74) is 1.32. The smallest absolute Gasteiger partial charge is 0.324 e. The summed E-state index contributed by atoms with van der Waals surface area (Å²) < 4.78 is 36.8. The summed E-state index contributed by atoms with van der Waals surface area (Å²) in [6.45, 7) is 3.16. The first-order valence-corrected chi connectivity index (χ1v) is 7.60. The van der Waals surface area contributed by atoms with Gasteiger partial charge < -0.3 is 14.6 Å². The summed E-state index contributed by atoms with van der Waals surface area (Å²) in [5.74, 6) is -1.15. The topological polar surface area (TPSA) is 102 Å². The molecule has 0 radical (unpaired) electrons. The molecule has 1 atom stereocenters. The van der Waals surface area contributed by atoms with Gasteiger partial charge in [-0.25, -0.2) is 8.42 Å². The number of aliphatic carboxylic acids is 1. The highest BCUT2D eigenvalue weighted by Gasteiger charge is 2.29. The number of rotatable bonds is 7. The van der Waals surface area contributed by atoms with E-state index in [1.165, 1.54) is 14.2 Å². The number of carboxylic acids is 1. The van der Waals surface area contributed by atoms with Gasteiger partial charge in [0.2, 0.25) is 10.0 Å². The molecule has 0 fully saturated rings. The Balaban J connectivity index is 3.28. The van der Waals surface area contributed by atoms with Gasteiger partial charge in [-0.05, 0) is 31.0 Å². The predicted molar refractivity (Wildman–Crippen MR) is 76.1 cm³/mol. The van der Waals surface area contributed by atoms with Crippen LogP contribution in [-0.2, 0) is 19.6 Å². The molecule has 0 aliphatic carbocycles. The van der Waals surface area contributed by atoms with Crippen LogP contribution < -0.4 is 9.46 Å². The minimum absolute atomic E-state index is 0.0713. The lowest BCUT2D eigenvalue weighted by atomic mass is 10.1. The van der Waals surface area contributed by atoms with Crippen molar-refractivity contribution in [3.63, 3.8) is 0 Å². The second kappa shape index (κ2) is 6.88. The fourth-order valence-corrected chi connectivity index (χ4v) is 3.53. The number of nitrogens with one attached hydrogen (secondary N) is 1. The van der Waals surface area contributed by atoms with E-state index >= 15 is 0 Å². The molecule has 0 bridgehead atoms. The lowest BCUT2D eigenvalue weighted by Crippen LogP contribution is -2.44.